The lowest BCUT2D eigenvalue weighted by molar-refractivity contribution is -0.139. The fourth-order valence-corrected chi connectivity index (χ4v) is 5.69. The van der Waals surface area contributed by atoms with E-state index in [-0.39, 0.29) is 28.8 Å². The van der Waals surface area contributed by atoms with Gasteiger partial charge >= 0.3 is 0 Å². The van der Waals surface area contributed by atoms with Gasteiger partial charge in [-0.3, -0.25) is 13.9 Å². The number of hydrogen-bond acceptors (Lipinski definition) is 6. The number of rotatable bonds is 13. The number of anilines is 1. The summed E-state index contributed by atoms with van der Waals surface area (Å²) >= 11 is 3.41. The van der Waals surface area contributed by atoms with E-state index in [1.165, 1.54) is 37.3 Å². The number of nitrogens with one attached hydrogen (secondary N) is 1. The summed E-state index contributed by atoms with van der Waals surface area (Å²) in [4.78, 5) is 28.4. The fraction of sp³-hybridized carbons (Fsp3) is 0.310. The van der Waals surface area contributed by atoms with Crippen molar-refractivity contribution in [3.8, 4) is 11.5 Å². The molecule has 1 atom stereocenters. The van der Waals surface area contributed by atoms with Crippen LogP contribution in [0.1, 0.15) is 25.8 Å². The molecular formula is C29H34BrN3O6S. The van der Waals surface area contributed by atoms with Gasteiger partial charge in [0.05, 0.1) is 24.8 Å². The third-order valence-electron chi connectivity index (χ3n) is 6.25. The molecule has 0 aliphatic rings. The molecule has 0 aromatic heterocycles. The standard InChI is InChI=1S/C29H34BrN3O6S/c1-5-17-31-29(35)21(2)32(19-22-11-13-23(30)14-12-22)28(34)20-33(40(36,37)25-9-7-6-8-10-25)26-18-24(38-3)15-16-27(26)39-4/h6-16,18,21H,5,17,19-20H2,1-4H3,(H,31,35)/t21-/m0/s1. The van der Waals surface area contributed by atoms with E-state index in [4.69, 9.17) is 9.47 Å². The predicted molar refractivity (Wildman–Crippen MR) is 158 cm³/mol. The summed E-state index contributed by atoms with van der Waals surface area (Å²) in [6.07, 6.45) is 0.734. The van der Waals surface area contributed by atoms with E-state index in [2.05, 4.69) is 21.2 Å². The average Bonchev–Trinajstić information content (AvgIpc) is 2.97. The molecule has 214 valence electrons. The minimum absolute atomic E-state index is 0.000805. The molecule has 0 unspecified atom stereocenters. The molecule has 2 amide bonds. The summed E-state index contributed by atoms with van der Waals surface area (Å²) in [6, 6.07) is 19.0. The van der Waals surface area contributed by atoms with Crippen LogP contribution in [0.5, 0.6) is 11.5 Å². The molecule has 0 radical (unpaired) electrons. The van der Waals surface area contributed by atoms with Gasteiger partial charge in [-0.2, -0.15) is 0 Å². The molecule has 1 N–H and O–H groups in total. The molecule has 0 saturated carbocycles. The predicted octanol–water partition coefficient (Wildman–Crippen LogP) is 4.61. The highest BCUT2D eigenvalue weighted by Crippen LogP contribution is 2.36. The third kappa shape index (κ3) is 7.54. The molecule has 0 heterocycles. The maximum atomic E-state index is 14.0. The number of carbonyl (C=O) groups is 2. The summed E-state index contributed by atoms with van der Waals surface area (Å²) in [5.41, 5.74) is 0.911. The Hall–Kier alpha value is -3.57. The summed E-state index contributed by atoms with van der Waals surface area (Å²) in [5, 5.41) is 2.83. The normalized spacial score (nSPS) is 11.8. The number of methoxy groups -OCH3 is 2. The number of nitrogens with zero attached hydrogens (tertiary/aromatic N) is 2. The van der Waals surface area contributed by atoms with Crippen molar-refractivity contribution >= 4 is 43.5 Å². The van der Waals surface area contributed by atoms with Crippen molar-refractivity contribution in [2.24, 2.45) is 0 Å². The molecule has 11 heteroatoms. The smallest absolute Gasteiger partial charge is 0.264 e. The Morgan fingerprint density at radius 3 is 2.25 bits per heavy atom. The van der Waals surface area contributed by atoms with Crippen LogP contribution in [0.3, 0.4) is 0 Å². The minimum atomic E-state index is -4.24. The van der Waals surface area contributed by atoms with Crippen molar-refractivity contribution in [1.82, 2.24) is 10.2 Å². The number of ether oxygens (including phenoxy) is 2. The second-order valence-corrected chi connectivity index (χ2v) is 11.8. The molecule has 0 saturated heterocycles. The van der Waals surface area contributed by atoms with Crippen molar-refractivity contribution in [2.75, 3.05) is 31.6 Å². The lowest BCUT2D eigenvalue weighted by Crippen LogP contribution is -2.51. The number of sulfonamides is 1. The fourth-order valence-electron chi connectivity index (χ4n) is 3.99. The summed E-state index contributed by atoms with van der Waals surface area (Å²) in [5.74, 6) is -0.271. The largest absolute Gasteiger partial charge is 0.497 e. The molecule has 0 fully saturated rings. The number of halogens is 1. The van der Waals surface area contributed by atoms with E-state index in [9.17, 15) is 18.0 Å². The van der Waals surface area contributed by atoms with Crippen LogP contribution in [0.25, 0.3) is 0 Å². The zero-order valence-corrected chi connectivity index (χ0v) is 25.4. The van der Waals surface area contributed by atoms with Crippen molar-refractivity contribution < 1.29 is 27.5 Å². The van der Waals surface area contributed by atoms with Crippen molar-refractivity contribution in [1.29, 1.82) is 0 Å². The maximum Gasteiger partial charge on any atom is 0.264 e. The average molecular weight is 633 g/mol. The zero-order valence-electron chi connectivity index (χ0n) is 23.0. The van der Waals surface area contributed by atoms with E-state index in [1.807, 2.05) is 31.2 Å². The first-order chi connectivity index (χ1) is 19.1. The summed E-state index contributed by atoms with van der Waals surface area (Å²) in [6.45, 7) is 3.54. The Morgan fingerprint density at radius 2 is 1.65 bits per heavy atom. The molecular weight excluding hydrogens is 598 g/mol. The van der Waals surface area contributed by atoms with Gasteiger partial charge in [-0.15, -0.1) is 0 Å². The lowest BCUT2D eigenvalue weighted by Gasteiger charge is -2.32. The first-order valence-corrected chi connectivity index (χ1v) is 15.0. The molecule has 0 spiro atoms. The Labute approximate surface area is 244 Å². The molecule has 3 aromatic carbocycles. The Morgan fingerprint density at radius 1 is 0.975 bits per heavy atom. The number of amides is 2. The van der Waals surface area contributed by atoms with Gasteiger partial charge in [0.2, 0.25) is 11.8 Å². The second-order valence-electron chi connectivity index (χ2n) is 8.98. The quantitative estimate of drug-likeness (QED) is 0.295. The van der Waals surface area contributed by atoms with Crippen molar-refractivity contribution in [3.63, 3.8) is 0 Å². The molecule has 3 aromatic rings. The van der Waals surface area contributed by atoms with Gasteiger partial charge in [-0.25, -0.2) is 8.42 Å². The highest BCUT2D eigenvalue weighted by atomic mass is 79.9. The van der Waals surface area contributed by atoms with Crippen LogP contribution in [0.4, 0.5) is 5.69 Å². The first kappa shape index (κ1) is 31.0. The van der Waals surface area contributed by atoms with Crippen LogP contribution in [0.15, 0.2) is 82.2 Å². The maximum absolute atomic E-state index is 14.0. The van der Waals surface area contributed by atoms with E-state index in [0.717, 1.165) is 20.8 Å². The van der Waals surface area contributed by atoms with Crippen molar-refractivity contribution in [3.05, 3.63) is 82.8 Å². The van der Waals surface area contributed by atoms with Crippen LogP contribution in [-0.2, 0) is 26.2 Å². The Kier molecular flexibility index (Phi) is 11.0. The number of carbonyl (C=O) groups excluding carboxylic acids is 2. The molecule has 3 rings (SSSR count). The van der Waals surface area contributed by atoms with Gasteiger partial charge in [0.25, 0.3) is 10.0 Å². The zero-order chi connectivity index (χ0) is 29.3. The topological polar surface area (TPSA) is 105 Å². The van der Waals surface area contributed by atoms with Gasteiger partial charge in [-0.1, -0.05) is 53.2 Å². The number of benzene rings is 3. The second kappa shape index (κ2) is 14.2. The van der Waals surface area contributed by atoms with Gasteiger partial charge in [-0.05, 0) is 55.3 Å². The van der Waals surface area contributed by atoms with Crippen LogP contribution in [0, 0.1) is 0 Å². The van der Waals surface area contributed by atoms with E-state index in [1.54, 1.807) is 37.3 Å². The van der Waals surface area contributed by atoms with E-state index in [0.29, 0.717) is 12.3 Å². The molecule has 0 aliphatic carbocycles. The van der Waals surface area contributed by atoms with E-state index >= 15 is 0 Å². The van der Waals surface area contributed by atoms with Crippen LogP contribution in [-0.4, -0.2) is 58.5 Å². The third-order valence-corrected chi connectivity index (χ3v) is 8.55. The first-order valence-electron chi connectivity index (χ1n) is 12.7. The molecule has 40 heavy (non-hydrogen) atoms. The lowest BCUT2D eigenvalue weighted by atomic mass is 10.1. The summed E-state index contributed by atoms with van der Waals surface area (Å²) < 4.78 is 40.6. The number of hydrogen-bond donors (Lipinski definition) is 1. The minimum Gasteiger partial charge on any atom is -0.497 e. The summed E-state index contributed by atoms with van der Waals surface area (Å²) in [7, 11) is -1.36. The molecule has 9 nitrogen and oxygen atoms in total. The monoisotopic (exact) mass is 631 g/mol. The van der Waals surface area contributed by atoms with Gasteiger partial charge in [0.15, 0.2) is 0 Å². The van der Waals surface area contributed by atoms with Gasteiger partial charge in [0, 0.05) is 23.6 Å². The highest BCUT2D eigenvalue weighted by Gasteiger charge is 2.34. The Balaban J connectivity index is 2.09. The van der Waals surface area contributed by atoms with Crippen LogP contribution < -0.4 is 19.1 Å². The highest BCUT2D eigenvalue weighted by molar-refractivity contribution is 9.10. The van der Waals surface area contributed by atoms with Gasteiger partial charge in [0.1, 0.15) is 24.1 Å². The SMILES string of the molecule is CCCNC(=O)[C@H](C)N(Cc1ccc(Br)cc1)C(=O)CN(c1cc(OC)ccc1OC)S(=O)(=O)c1ccccc1. The van der Waals surface area contributed by atoms with Crippen LogP contribution in [0.2, 0.25) is 0 Å². The Bertz CT molecular complexity index is 1400. The van der Waals surface area contributed by atoms with Gasteiger partial charge < -0.3 is 19.7 Å². The molecule has 0 aliphatic heterocycles. The van der Waals surface area contributed by atoms with Crippen molar-refractivity contribution in [2.45, 2.75) is 37.8 Å². The molecule has 0 bridgehead atoms. The van der Waals surface area contributed by atoms with Crippen LogP contribution >= 0.6 is 15.9 Å². The van der Waals surface area contributed by atoms with E-state index < -0.39 is 28.5 Å².